The lowest BCUT2D eigenvalue weighted by Gasteiger charge is -2.24. The average molecular weight is 228 g/mol. The van der Waals surface area contributed by atoms with E-state index in [0.29, 0.717) is 16.4 Å². The van der Waals surface area contributed by atoms with Gasteiger partial charge >= 0.3 is 0 Å². The van der Waals surface area contributed by atoms with Gasteiger partial charge in [-0.3, -0.25) is 4.79 Å². The highest BCUT2D eigenvalue weighted by Crippen LogP contribution is 2.25. The molecule has 0 fully saturated rings. The summed E-state index contributed by atoms with van der Waals surface area (Å²) in [6.45, 7) is 3.37. The molecule has 15 heavy (non-hydrogen) atoms. The first-order chi connectivity index (χ1) is 6.83. The van der Waals surface area contributed by atoms with Crippen molar-refractivity contribution in [2.75, 3.05) is 11.1 Å². The number of amides is 1. The van der Waals surface area contributed by atoms with Crippen LogP contribution in [0.15, 0.2) is 18.2 Å². The van der Waals surface area contributed by atoms with Gasteiger partial charge in [0, 0.05) is 5.02 Å². The van der Waals surface area contributed by atoms with Gasteiger partial charge in [0.1, 0.15) is 5.54 Å². The van der Waals surface area contributed by atoms with Crippen molar-refractivity contribution in [2.45, 2.75) is 19.4 Å². The average Bonchev–Trinajstić information content (AvgIpc) is 2.09. The lowest BCUT2D eigenvalue weighted by molar-refractivity contribution is -0.121. The molecule has 0 saturated carbocycles. The Bertz CT molecular complexity index is 390. The molecule has 1 aromatic rings. The Hall–Kier alpha value is -1.42. The van der Waals surface area contributed by atoms with Gasteiger partial charge in [0.05, 0.1) is 11.4 Å². The van der Waals surface area contributed by atoms with E-state index in [4.69, 9.17) is 23.1 Å². The normalized spacial score (nSPS) is 11.1. The summed E-state index contributed by atoms with van der Waals surface area (Å²) in [5.41, 5.74) is 11.2. The molecule has 1 amide bonds. The van der Waals surface area contributed by atoms with E-state index in [1.54, 1.807) is 32.0 Å². The van der Waals surface area contributed by atoms with E-state index < -0.39 is 11.4 Å². The third kappa shape index (κ3) is 2.76. The Morgan fingerprint density at radius 3 is 2.53 bits per heavy atom. The van der Waals surface area contributed by atoms with Crippen molar-refractivity contribution in [3.63, 3.8) is 0 Å². The van der Waals surface area contributed by atoms with Crippen molar-refractivity contribution < 1.29 is 4.79 Å². The molecule has 0 spiro atoms. The summed E-state index contributed by atoms with van der Waals surface area (Å²) in [6.07, 6.45) is 0. The second-order valence-corrected chi connectivity index (χ2v) is 4.28. The van der Waals surface area contributed by atoms with Crippen LogP contribution in [0.3, 0.4) is 0 Å². The predicted octanol–water partition coefficient (Wildman–Crippen LogP) is 1.60. The van der Waals surface area contributed by atoms with Gasteiger partial charge in [0.2, 0.25) is 5.91 Å². The molecule has 0 atom stereocenters. The number of hydrogen-bond donors (Lipinski definition) is 3. The van der Waals surface area contributed by atoms with E-state index in [1.165, 1.54) is 0 Å². The third-order valence-electron chi connectivity index (χ3n) is 2.08. The summed E-state index contributed by atoms with van der Waals surface area (Å²) in [6, 6.07) is 5.01. The number of halogens is 1. The van der Waals surface area contributed by atoms with E-state index in [-0.39, 0.29) is 0 Å². The summed E-state index contributed by atoms with van der Waals surface area (Å²) in [4.78, 5) is 11.1. The Labute approximate surface area is 93.6 Å². The van der Waals surface area contributed by atoms with Crippen LogP contribution in [0.25, 0.3) is 0 Å². The lowest BCUT2D eigenvalue weighted by Crippen LogP contribution is -2.45. The molecule has 5 heteroatoms. The minimum absolute atomic E-state index is 0.447. The SMILES string of the molecule is CC(C)(Nc1ccc(Cl)cc1N)C(N)=O. The van der Waals surface area contributed by atoms with Crippen molar-refractivity contribution in [1.29, 1.82) is 0 Å². The summed E-state index contributed by atoms with van der Waals surface area (Å²) >= 11 is 5.75. The van der Waals surface area contributed by atoms with Crippen LogP contribution in [-0.2, 0) is 4.79 Å². The monoisotopic (exact) mass is 227 g/mol. The number of hydrogen-bond acceptors (Lipinski definition) is 3. The number of nitrogens with two attached hydrogens (primary N) is 2. The minimum Gasteiger partial charge on any atom is -0.397 e. The van der Waals surface area contributed by atoms with Crippen molar-refractivity contribution in [3.8, 4) is 0 Å². The number of nitrogen functional groups attached to an aromatic ring is 1. The van der Waals surface area contributed by atoms with Crippen LogP contribution in [-0.4, -0.2) is 11.4 Å². The predicted molar refractivity (Wildman–Crippen MR) is 62.8 cm³/mol. The van der Waals surface area contributed by atoms with Crippen LogP contribution in [0, 0.1) is 0 Å². The maximum atomic E-state index is 11.1. The molecule has 5 N–H and O–H groups in total. The second-order valence-electron chi connectivity index (χ2n) is 3.85. The molecule has 1 aromatic carbocycles. The molecule has 0 heterocycles. The maximum absolute atomic E-state index is 11.1. The van der Waals surface area contributed by atoms with Crippen LogP contribution >= 0.6 is 11.6 Å². The molecule has 4 nitrogen and oxygen atoms in total. The van der Waals surface area contributed by atoms with Gasteiger partial charge in [-0.15, -0.1) is 0 Å². The quantitative estimate of drug-likeness (QED) is 0.686. The summed E-state index contributed by atoms with van der Waals surface area (Å²) in [5.74, 6) is -0.447. The molecule has 0 bridgehead atoms. The zero-order chi connectivity index (χ0) is 11.6. The number of primary amides is 1. The molecule has 0 unspecified atom stereocenters. The standard InChI is InChI=1S/C10H14ClN3O/c1-10(2,9(13)15)14-8-4-3-6(11)5-7(8)12/h3-5,14H,12H2,1-2H3,(H2,13,15). The number of nitrogens with one attached hydrogen (secondary N) is 1. The van der Waals surface area contributed by atoms with E-state index in [0.717, 1.165) is 0 Å². The zero-order valence-corrected chi connectivity index (χ0v) is 9.43. The largest absolute Gasteiger partial charge is 0.397 e. The first-order valence-corrected chi connectivity index (χ1v) is 4.84. The fourth-order valence-electron chi connectivity index (χ4n) is 1.05. The summed E-state index contributed by atoms with van der Waals surface area (Å²) < 4.78 is 0. The summed E-state index contributed by atoms with van der Waals surface area (Å²) in [7, 11) is 0. The highest BCUT2D eigenvalue weighted by molar-refractivity contribution is 6.31. The maximum Gasteiger partial charge on any atom is 0.242 e. The molecule has 0 aliphatic carbocycles. The van der Waals surface area contributed by atoms with Crippen molar-refractivity contribution >= 4 is 28.9 Å². The van der Waals surface area contributed by atoms with E-state index in [9.17, 15) is 4.79 Å². The fraction of sp³-hybridized carbons (Fsp3) is 0.300. The van der Waals surface area contributed by atoms with E-state index >= 15 is 0 Å². The van der Waals surface area contributed by atoms with Gasteiger partial charge in [-0.25, -0.2) is 0 Å². The van der Waals surface area contributed by atoms with Gasteiger partial charge in [-0.2, -0.15) is 0 Å². The van der Waals surface area contributed by atoms with Crippen LogP contribution in [0.4, 0.5) is 11.4 Å². The number of anilines is 2. The first-order valence-electron chi connectivity index (χ1n) is 4.46. The van der Waals surface area contributed by atoms with Gasteiger partial charge in [-0.05, 0) is 32.0 Å². The van der Waals surface area contributed by atoms with Crippen LogP contribution in [0.1, 0.15) is 13.8 Å². The Kier molecular flexibility index (Phi) is 3.09. The van der Waals surface area contributed by atoms with Crippen LogP contribution < -0.4 is 16.8 Å². The van der Waals surface area contributed by atoms with Crippen molar-refractivity contribution in [2.24, 2.45) is 5.73 Å². The Morgan fingerprint density at radius 1 is 1.47 bits per heavy atom. The highest BCUT2D eigenvalue weighted by Gasteiger charge is 2.24. The first kappa shape index (κ1) is 11.7. The van der Waals surface area contributed by atoms with Gasteiger partial charge < -0.3 is 16.8 Å². The second kappa shape index (κ2) is 3.98. The lowest BCUT2D eigenvalue weighted by atomic mass is 10.0. The summed E-state index contributed by atoms with van der Waals surface area (Å²) in [5, 5.41) is 3.51. The zero-order valence-electron chi connectivity index (χ0n) is 8.67. The third-order valence-corrected chi connectivity index (χ3v) is 2.31. The highest BCUT2D eigenvalue weighted by atomic mass is 35.5. The van der Waals surface area contributed by atoms with Crippen molar-refractivity contribution in [1.82, 2.24) is 0 Å². The molecule has 0 aromatic heterocycles. The fourth-order valence-corrected chi connectivity index (χ4v) is 1.23. The molecule has 1 rings (SSSR count). The molecule has 0 radical (unpaired) electrons. The van der Waals surface area contributed by atoms with E-state index in [1.807, 2.05) is 0 Å². The minimum atomic E-state index is -0.845. The van der Waals surface area contributed by atoms with Gasteiger partial charge in [0.25, 0.3) is 0 Å². The molecular weight excluding hydrogens is 214 g/mol. The molecular formula is C10H14ClN3O. The Balaban J connectivity index is 2.95. The Morgan fingerprint density at radius 2 is 2.07 bits per heavy atom. The number of rotatable bonds is 3. The van der Waals surface area contributed by atoms with Gasteiger partial charge in [0.15, 0.2) is 0 Å². The van der Waals surface area contributed by atoms with E-state index in [2.05, 4.69) is 5.32 Å². The van der Waals surface area contributed by atoms with Gasteiger partial charge in [-0.1, -0.05) is 11.6 Å². The molecule has 0 aliphatic rings. The number of carbonyl (C=O) groups excluding carboxylic acids is 1. The molecule has 0 aliphatic heterocycles. The van der Waals surface area contributed by atoms with Crippen LogP contribution in [0.5, 0.6) is 0 Å². The molecule has 0 saturated heterocycles. The van der Waals surface area contributed by atoms with Crippen molar-refractivity contribution in [3.05, 3.63) is 23.2 Å². The molecule has 82 valence electrons. The number of carbonyl (C=O) groups is 1. The topological polar surface area (TPSA) is 81.1 Å². The number of benzene rings is 1. The smallest absolute Gasteiger partial charge is 0.242 e. The van der Waals surface area contributed by atoms with Crippen LogP contribution in [0.2, 0.25) is 5.02 Å².